The molecule has 17 heavy (non-hydrogen) atoms. The van der Waals surface area contributed by atoms with E-state index in [0.29, 0.717) is 12.1 Å². The van der Waals surface area contributed by atoms with Gasteiger partial charge in [0.1, 0.15) is 0 Å². The SMILES string of the molecule is C=CCNC(=O)c1cc(S(=O)(=O)Cl)ccc1C. The molecule has 0 saturated heterocycles. The summed E-state index contributed by atoms with van der Waals surface area (Å²) in [5, 5.41) is 2.57. The van der Waals surface area contributed by atoms with E-state index in [1.54, 1.807) is 6.92 Å². The van der Waals surface area contributed by atoms with Crippen molar-refractivity contribution < 1.29 is 13.2 Å². The van der Waals surface area contributed by atoms with Gasteiger partial charge in [0.2, 0.25) is 0 Å². The topological polar surface area (TPSA) is 63.2 Å². The normalized spacial score (nSPS) is 10.9. The molecular formula is C11H12ClNO3S. The van der Waals surface area contributed by atoms with E-state index < -0.39 is 9.05 Å². The van der Waals surface area contributed by atoms with Gasteiger partial charge in [-0.3, -0.25) is 4.79 Å². The molecule has 0 aromatic heterocycles. The number of benzene rings is 1. The highest BCUT2D eigenvalue weighted by atomic mass is 35.7. The number of carbonyl (C=O) groups is 1. The summed E-state index contributed by atoms with van der Waals surface area (Å²) in [5.41, 5.74) is 0.962. The van der Waals surface area contributed by atoms with Crippen LogP contribution in [0.15, 0.2) is 35.7 Å². The van der Waals surface area contributed by atoms with Crippen LogP contribution in [0.1, 0.15) is 15.9 Å². The van der Waals surface area contributed by atoms with Crippen LogP contribution in [0.5, 0.6) is 0 Å². The molecule has 92 valence electrons. The predicted molar refractivity (Wildman–Crippen MR) is 66.7 cm³/mol. The fourth-order valence-electron chi connectivity index (χ4n) is 1.26. The van der Waals surface area contributed by atoms with Crippen LogP contribution in [-0.2, 0) is 9.05 Å². The van der Waals surface area contributed by atoms with Crippen LogP contribution in [0.4, 0.5) is 0 Å². The number of hydrogen-bond donors (Lipinski definition) is 1. The lowest BCUT2D eigenvalue weighted by Crippen LogP contribution is -2.24. The van der Waals surface area contributed by atoms with Crippen molar-refractivity contribution in [3.8, 4) is 0 Å². The molecule has 0 atom stereocenters. The van der Waals surface area contributed by atoms with Crippen molar-refractivity contribution in [2.75, 3.05) is 6.54 Å². The van der Waals surface area contributed by atoms with Crippen molar-refractivity contribution >= 4 is 25.6 Å². The monoisotopic (exact) mass is 273 g/mol. The minimum atomic E-state index is -3.82. The minimum absolute atomic E-state index is 0.0893. The molecule has 0 spiro atoms. The van der Waals surface area contributed by atoms with Gasteiger partial charge < -0.3 is 5.32 Å². The van der Waals surface area contributed by atoms with Crippen LogP contribution < -0.4 is 5.32 Å². The van der Waals surface area contributed by atoms with Gasteiger partial charge in [-0.1, -0.05) is 12.1 Å². The molecule has 4 nitrogen and oxygen atoms in total. The molecule has 1 aromatic rings. The molecular weight excluding hydrogens is 262 g/mol. The van der Waals surface area contributed by atoms with E-state index >= 15 is 0 Å². The third kappa shape index (κ3) is 3.57. The highest BCUT2D eigenvalue weighted by Gasteiger charge is 2.15. The van der Waals surface area contributed by atoms with Crippen LogP contribution in [0, 0.1) is 6.92 Å². The number of amides is 1. The Morgan fingerprint density at radius 2 is 2.18 bits per heavy atom. The first kappa shape index (κ1) is 13.7. The molecule has 0 aliphatic carbocycles. The van der Waals surface area contributed by atoms with E-state index in [9.17, 15) is 13.2 Å². The number of hydrogen-bond acceptors (Lipinski definition) is 3. The number of aryl methyl sites for hydroxylation is 1. The van der Waals surface area contributed by atoms with E-state index in [2.05, 4.69) is 11.9 Å². The molecule has 0 heterocycles. The van der Waals surface area contributed by atoms with Crippen molar-refractivity contribution in [1.82, 2.24) is 5.32 Å². The number of halogens is 1. The Bertz CT molecular complexity index is 552. The Hall–Kier alpha value is -1.33. The van der Waals surface area contributed by atoms with Gasteiger partial charge in [-0.15, -0.1) is 6.58 Å². The zero-order valence-electron chi connectivity index (χ0n) is 9.23. The first-order chi connectivity index (χ1) is 7.86. The van der Waals surface area contributed by atoms with Gasteiger partial charge in [0.15, 0.2) is 0 Å². The van der Waals surface area contributed by atoms with Crippen LogP contribution >= 0.6 is 10.7 Å². The molecule has 0 radical (unpaired) electrons. The maximum atomic E-state index is 11.7. The molecule has 1 aromatic carbocycles. The highest BCUT2D eigenvalue weighted by Crippen LogP contribution is 2.18. The molecule has 1 rings (SSSR count). The molecule has 0 aliphatic heterocycles. The minimum Gasteiger partial charge on any atom is -0.349 e. The first-order valence-electron chi connectivity index (χ1n) is 4.80. The molecule has 0 bridgehead atoms. The number of nitrogens with one attached hydrogen (secondary N) is 1. The quantitative estimate of drug-likeness (QED) is 0.672. The molecule has 0 fully saturated rings. The fraction of sp³-hybridized carbons (Fsp3) is 0.182. The summed E-state index contributed by atoms with van der Waals surface area (Å²) in [6.45, 7) is 5.51. The van der Waals surface area contributed by atoms with E-state index in [0.717, 1.165) is 0 Å². The van der Waals surface area contributed by atoms with Gasteiger partial charge >= 0.3 is 0 Å². The Morgan fingerprint density at radius 1 is 1.53 bits per heavy atom. The Balaban J connectivity index is 3.15. The van der Waals surface area contributed by atoms with Gasteiger partial charge in [0.05, 0.1) is 4.90 Å². The van der Waals surface area contributed by atoms with Gasteiger partial charge in [-0.25, -0.2) is 8.42 Å². The van der Waals surface area contributed by atoms with Crippen LogP contribution in [-0.4, -0.2) is 20.9 Å². The Morgan fingerprint density at radius 3 is 2.71 bits per heavy atom. The van der Waals surface area contributed by atoms with Crippen molar-refractivity contribution in [2.45, 2.75) is 11.8 Å². The van der Waals surface area contributed by atoms with Crippen molar-refractivity contribution in [3.05, 3.63) is 42.0 Å². The molecule has 0 aliphatic rings. The second kappa shape index (κ2) is 5.33. The van der Waals surface area contributed by atoms with Gasteiger partial charge in [-0.05, 0) is 24.6 Å². The summed E-state index contributed by atoms with van der Waals surface area (Å²) >= 11 is 0. The first-order valence-corrected chi connectivity index (χ1v) is 7.11. The molecule has 0 saturated carbocycles. The summed E-state index contributed by atoms with van der Waals surface area (Å²) in [5.74, 6) is -0.357. The standard InChI is InChI=1S/C11H12ClNO3S/c1-3-6-13-11(14)10-7-9(17(12,15)16)5-4-8(10)2/h3-5,7H,1,6H2,2H3,(H,13,14). The van der Waals surface area contributed by atoms with E-state index in [1.807, 2.05) is 0 Å². The van der Waals surface area contributed by atoms with Crippen LogP contribution in [0.25, 0.3) is 0 Å². The van der Waals surface area contributed by atoms with Crippen LogP contribution in [0.2, 0.25) is 0 Å². The molecule has 0 unspecified atom stereocenters. The van der Waals surface area contributed by atoms with E-state index in [-0.39, 0.29) is 16.4 Å². The molecule has 1 N–H and O–H groups in total. The van der Waals surface area contributed by atoms with Crippen molar-refractivity contribution in [3.63, 3.8) is 0 Å². The fourth-order valence-corrected chi connectivity index (χ4v) is 2.03. The maximum absolute atomic E-state index is 11.7. The second-order valence-corrected chi connectivity index (χ2v) is 5.98. The predicted octanol–water partition coefficient (Wildman–Crippen LogP) is 1.84. The van der Waals surface area contributed by atoms with Crippen molar-refractivity contribution in [2.24, 2.45) is 0 Å². The molecule has 1 amide bonds. The zero-order valence-corrected chi connectivity index (χ0v) is 10.8. The maximum Gasteiger partial charge on any atom is 0.261 e. The average molecular weight is 274 g/mol. The summed E-state index contributed by atoms with van der Waals surface area (Å²) in [4.78, 5) is 11.6. The number of carbonyl (C=O) groups excluding carboxylic acids is 1. The average Bonchev–Trinajstić information content (AvgIpc) is 2.24. The summed E-state index contributed by atoms with van der Waals surface area (Å²) in [6.07, 6.45) is 1.54. The van der Waals surface area contributed by atoms with E-state index in [1.165, 1.54) is 24.3 Å². The lowest BCUT2D eigenvalue weighted by atomic mass is 10.1. The third-order valence-corrected chi connectivity index (χ3v) is 3.49. The molecule has 6 heteroatoms. The smallest absolute Gasteiger partial charge is 0.261 e. The Labute approximate surface area is 105 Å². The number of rotatable bonds is 4. The summed E-state index contributed by atoms with van der Waals surface area (Å²) in [7, 11) is 1.39. The van der Waals surface area contributed by atoms with E-state index in [4.69, 9.17) is 10.7 Å². The third-order valence-electron chi connectivity index (χ3n) is 2.14. The zero-order chi connectivity index (χ0) is 13.1. The highest BCUT2D eigenvalue weighted by molar-refractivity contribution is 8.13. The Kier molecular flexibility index (Phi) is 4.31. The van der Waals surface area contributed by atoms with Gasteiger partial charge in [0, 0.05) is 22.8 Å². The largest absolute Gasteiger partial charge is 0.349 e. The van der Waals surface area contributed by atoms with Crippen molar-refractivity contribution in [1.29, 1.82) is 0 Å². The summed E-state index contributed by atoms with van der Waals surface area (Å²) < 4.78 is 22.3. The lowest BCUT2D eigenvalue weighted by molar-refractivity contribution is 0.0957. The van der Waals surface area contributed by atoms with Crippen LogP contribution in [0.3, 0.4) is 0 Å². The second-order valence-electron chi connectivity index (χ2n) is 3.41. The summed E-state index contributed by atoms with van der Waals surface area (Å²) in [6, 6.07) is 4.16. The van der Waals surface area contributed by atoms with Gasteiger partial charge in [0.25, 0.3) is 15.0 Å². The van der Waals surface area contributed by atoms with Gasteiger partial charge in [-0.2, -0.15) is 0 Å². The lowest BCUT2D eigenvalue weighted by Gasteiger charge is -2.07.